The average molecular weight is 356 g/mol. The monoisotopic (exact) mass is 355 g/mol. The molecule has 1 saturated heterocycles. The molecule has 3 nitrogen and oxygen atoms in total. The third-order valence-electron chi connectivity index (χ3n) is 5.32. The largest absolute Gasteiger partial charge is 0.550 e. The Morgan fingerprint density at radius 3 is 2.00 bits per heavy atom. The Balaban J connectivity index is 0.00000129. The summed E-state index contributed by atoms with van der Waals surface area (Å²) in [5.74, 6) is -0.0349. The standard InChI is InChI=1S/C20H41N.C2H4O2/c1-3-5-7-8-9-10-11-12-13-17-21-18-14-16-20(19-21)15-6-4-2;1-2(3)4/h20H,3-19H2,1-2H3;1H3,(H,3,4). The number of nitrogens with one attached hydrogen (secondary N) is 1. The number of carboxylic acid groups (broad SMARTS) is 1. The number of unbranched alkanes of at least 4 members (excludes halogenated alkanes) is 9. The van der Waals surface area contributed by atoms with Crippen molar-refractivity contribution in [2.24, 2.45) is 5.92 Å². The van der Waals surface area contributed by atoms with Crippen LogP contribution < -0.4 is 10.0 Å². The summed E-state index contributed by atoms with van der Waals surface area (Å²) < 4.78 is 0. The van der Waals surface area contributed by atoms with E-state index < -0.39 is 5.97 Å². The molecule has 0 aliphatic carbocycles. The van der Waals surface area contributed by atoms with E-state index in [-0.39, 0.29) is 0 Å². The van der Waals surface area contributed by atoms with Crippen molar-refractivity contribution in [3.8, 4) is 0 Å². The zero-order valence-corrected chi connectivity index (χ0v) is 17.4. The van der Waals surface area contributed by atoms with Gasteiger partial charge in [0.2, 0.25) is 0 Å². The first-order valence-corrected chi connectivity index (χ1v) is 11.1. The quantitative estimate of drug-likeness (QED) is 0.511. The number of aliphatic carboxylic acids is 1. The number of carbonyl (C=O) groups excluding carboxylic acids is 1. The molecule has 0 saturated carbocycles. The second kappa shape index (κ2) is 18.2. The molecule has 1 fully saturated rings. The first-order valence-electron chi connectivity index (χ1n) is 11.1. The number of likely N-dealkylation sites (tertiary alicyclic amines) is 1. The maximum atomic E-state index is 8.89. The normalized spacial score (nSPS) is 20.0. The summed E-state index contributed by atoms with van der Waals surface area (Å²) in [7, 11) is 0. The van der Waals surface area contributed by atoms with Crippen LogP contribution in [-0.2, 0) is 4.79 Å². The number of piperidine rings is 1. The minimum Gasteiger partial charge on any atom is -0.550 e. The molecule has 0 aromatic carbocycles. The van der Waals surface area contributed by atoms with Crippen LogP contribution in [0.5, 0.6) is 0 Å². The molecule has 150 valence electrons. The van der Waals surface area contributed by atoms with Crippen LogP contribution in [0.25, 0.3) is 0 Å². The lowest BCUT2D eigenvalue weighted by Crippen LogP contribution is -3.13. The predicted octanol–water partition coefficient (Wildman–Crippen LogP) is 3.76. The first-order chi connectivity index (χ1) is 12.1. The van der Waals surface area contributed by atoms with Crippen molar-refractivity contribution >= 4 is 5.97 Å². The number of quaternary nitrogens is 1. The second-order valence-electron chi connectivity index (χ2n) is 7.92. The molecule has 0 bridgehead atoms. The summed E-state index contributed by atoms with van der Waals surface area (Å²) in [5.41, 5.74) is 0. The molecule has 1 N–H and O–H groups in total. The Labute approximate surface area is 157 Å². The van der Waals surface area contributed by atoms with Crippen molar-refractivity contribution in [1.82, 2.24) is 0 Å². The van der Waals surface area contributed by atoms with Crippen molar-refractivity contribution in [1.29, 1.82) is 0 Å². The summed E-state index contributed by atoms with van der Waals surface area (Å²) >= 11 is 0. The fourth-order valence-corrected chi connectivity index (χ4v) is 3.91. The summed E-state index contributed by atoms with van der Waals surface area (Å²) in [6.45, 7) is 10.0. The van der Waals surface area contributed by atoms with Crippen molar-refractivity contribution in [3.63, 3.8) is 0 Å². The smallest absolute Gasteiger partial charge is 0.0799 e. The van der Waals surface area contributed by atoms with Gasteiger partial charge in [-0.25, -0.2) is 0 Å². The zero-order valence-electron chi connectivity index (χ0n) is 17.4. The van der Waals surface area contributed by atoms with Gasteiger partial charge in [-0.2, -0.15) is 0 Å². The maximum absolute atomic E-state index is 8.89. The number of carbonyl (C=O) groups is 1. The molecule has 0 amide bonds. The zero-order chi connectivity index (χ0) is 18.8. The SMILES string of the molecule is CC(=O)[O-].CCCCCCCCCCC[NH+]1CCCC(CCCC)C1. The summed E-state index contributed by atoms with van der Waals surface area (Å²) in [4.78, 5) is 10.8. The van der Waals surface area contributed by atoms with E-state index in [0.717, 1.165) is 12.8 Å². The molecule has 3 heteroatoms. The minimum absolute atomic E-state index is 0.972. The van der Waals surface area contributed by atoms with Gasteiger partial charge in [0.25, 0.3) is 0 Å². The van der Waals surface area contributed by atoms with Crippen LogP contribution in [0.1, 0.15) is 111 Å². The van der Waals surface area contributed by atoms with Crippen LogP contribution in [0.3, 0.4) is 0 Å². The molecule has 1 rings (SSSR count). The van der Waals surface area contributed by atoms with Crippen LogP contribution in [0.4, 0.5) is 0 Å². The predicted molar refractivity (Wildman–Crippen MR) is 106 cm³/mol. The third kappa shape index (κ3) is 18.0. The molecule has 1 aliphatic rings. The van der Waals surface area contributed by atoms with E-state index >= 15 is 0 Å². The lowest BCUT2D eigenvalue weighted by atomic mass is 9.92. The highest BCUT2D eigenvalue weighted by Gasteiger charge is 2.21. The van der Waals surface area contributed by atoms with Gasteiger partial charge in [0.05, 0.1) is 19.6 Å². The molecule has 2 atom stereocenters. The number of hydrogen-bond acceptors (Lipinski definition) is 2. The summed E-state index contributed by atoms with van der Waals surface area (Å²) in [5, 5.41) is 8.89. The summed E-state index contributed by atoms with van der Waals surface area (Å²) in [6.07, 6.45) is 20.5. The Morgan fingerprint density at radius 2 is 1.44 bits per heavy atom. The van der Waals surface area contributed by atoms with Crippen LogP contribution in [0, 0.1) is 5.92 Å². The van der Waals surface area contributed by atoms with Gasteiger partial charge in [-0.05, 0) is 39.0 Å². The van der Waals surface area contributed by atoms with Gasteiger partial charge < -0.3 is 14.8 Å². The van der Waals surface area contributed by atoms with Gasteiger partial charge in [-0.1, -0.05) is 71.6 Å². The van der Waals surface area contributed by atoms with Crippen molar-refractivity contribution < 1.29 is 14.8 Å². The summed E-state index contributed by atoms with van der Waals surface area (Å²) in [6, 6.07) is 0. The molecule has 0 radical (unpaired) electrons. The number of carboxylic acids is 1. The first kappa shape index (κ1) is 24.4. The van der Waals surface area contributed by atoms with Gasteiger partial charge in [-0.15, -0.1) is 0 Å². The molecule has 25 heavy (non-hydrogen) atoms. The van der Waals surface area contributed by atoms with E-state index in [1.807, 2.05) is 4.90 Å². The van der Waals surface area contributed by atoms with E-state index in [0.29, 0.717) is 0 Å². The third-order valence-corrected chi connectivity index (χ3v) is 5.32. The van der Waals surface area contributed by atoms with Crippen LogP contribution in [0.2, 0.25) is 0 Å². The fourth-order valence-electron chi connectivity index (χ4n) is 3.91. The topological polar surface area (TPSA) is 44.6 Å². The highest BCUT2D eigenvalue weighted by Crippen LogP contribution is 2.15. The van der Waals surface area contributed by atoms with E-state index in [1.54, 1.807) is 0 Å². The van der Waals surface area contributed by atoms with Gasteiger partial charge >= 0.3 is 0 Å². The van der Waals surface area contributed by atoms with Crippen molar-refractivity contribution in [2.75, 3.05) is 19.6 Å². The van der Waals surface area contributed by atoms with Crippen LogP contribution >= 0.6 is 0 Å². The van der Waals surface area contributed by atoms with E-state index in [9.17, 15) is 0 Å². The molecule has 1 aliphatic heterocycles. The van der Waals surface area contributed by atoms with E-state index in [2.05, 4.69) is 13.8 Å². The molecule has 0 spiro atoms. The molecular formula is C22H45NO2. The fraction of sp³-hybridized carbons (Fsp3) is 0.955. The van der Waals surface area contributed by atoms with E-state index in [1.165, 1.54) is 110 Å². The Bertz CT molecular complexity index is 290. The second-order valence-corrected chi connectivity index (χ2v) is 7.92. The minimum atomic E-state index is -1.08. The molecule has 0 aromatic heterocycles. The average Bonchev–Trinajstić information content (AvgIpc) is 2.58. The van der Waals surface area contributed by atoms with Gasteiger partial charge in [0, 0.05) is 11.9 Å². The number of rotatable bonds is 13. The van der Waals surface area contributed by atoms with Gasteiger partial charge in [0.1, 0.15) is 0 Å². The highest BCUT2D eigenvalue weighted by molar-refractivity contribution is 5.60. The number of hydrogen-bond donors (Lipinski definition) is 1. The van der Waals surface area contributed by atoms with Crippen molar-refractivity contribution in [2.45, 2.75) is 111 Å². The van der Waals surface area contributed by atoms with Gasteiger partial charge in [0.15, 0.2) is 0 Å². The Kier molecular flexibility index (Phi) is 17.8. The molecule has 2 unspecified atom stereocenters. The molecule has 0 aromatic rings. The van der Waals surface area contributed by atoms with Crippen LogP contribution in [-0.4, -0.2) is 25.6 Å². The highest BCUT2D eigenvalue weighted by atomic mass is 16.4. The van der Waals surface area contributed by atoms with Gasteiger partial charge in [-0.3, -0.25) is 0 Å². The lowest BCUT2D eigenvalue weighted by Gasteiger charge is -2.30. The molecule has 1 heterocycles. The van der Waals surface area contributed by atoms with Crippen LogP contribution in [0.15, 0.2) is 0 Å². The van der Waals surface area contributed by atoms with Crippen molar-refractivity contribution in [3.05, 3.63) is 0 Å². The Hall–Kier alpha value is -0.570. The Morgan fingerprint density at radius 1 is 0.920 bits per heavy atom. The van der Waals surface area contributed by atoms with E-state index in [4.69, 9.17) is 9.90 Å². The molecular weight excluding hydrogens is 310 g/mol. The maximum Gasteiger partial charge on any atom is 0.0799 e. The lowest BCUT2D eigenvalue weighted by molar-refractivity contribution is -0.909.